The number of ether oxygens (including phenoxy) is 1. The molecule has 2 N–H and O–H groups in total. The Morgan fingerprint density at radius 2 is 1.87 bits per heavy atom. The lowest BCUT2D eigenvalue weighted by Gasteiger charge is -2.08. The van der Waals surface area contributed by atoms with Gasteiger partial charge in [0.15, 0.2) is 5.13 Å². The number of thiazole rings is 1. The lowest BCUT2D eigenvalue weighted by Crippen LogP contribution is -2.12. The van der Waals surface area contributed by atoms with Crippen molar-refractivity contribution in [3.05, 3.63) is 70.5 Å². The zero-order valence-corrected chi connectivity index (χ0v) is 17.7. The van der Waals surface area contributed by atoms with Gasteiger partial charge in [-0.25, -0.2) is 19.7 Å². The molecule has 8 nitrogen and oxygen atoms in total. The molecule has 1 aromatic carbocycles. The minimum Gasteiger partial charge on any atom is -0.457 e. The molecule has 2 aromatic heterocycles. The van der Waals surface area contributed by atoms with Crippen LogP contribution in [0.3, 0.4) is 0 Å². The second-order valence-corrected chi connectivity index (χ2v) is 7.45. The van der Waals surface area contributed by atoms with Crippen molar-refractivity contribution in [2.75, 3.05) is 17.2 Å². The topological polar surface area (TPSA) is 106 Å². The summed E-state index contributed by atoms with van der Waals surface area (Å²) in [6.45, 7) is 9.09. The first-order valence-corrected chi connectivity index (χ1v) is 9.93. The highest BCUT2D eigenvalue weighted by molar-refractivity contribution is 7.17. The van der Waals surface area contributed by atoms with Crippen molar-refractivity contribution in [1.82, 2.24) is 15.0 Å². The van der Waals surface area contributed by atoms with E-state index in [1.807, 2.05) is 26.0 Å². The van der Waals surface area contributed by atoms with Crippen LogP contribution in [0.15, 0.2) is 43.0 Å². The molecule has 0 fully saturated rings. The Labute approximate surface area is 178 Å². The van der Waals surface area contributed by atoms with E-state index < -0.39 is 5.97 Å². The highest BCUT2D eigenvalue weighted by Gasteiger charge is 2.18. The summed E-state index contributed by atoms with van der Waals surface area (Å²) in [5, 5.41) is 6.15. The molecule has 3 rings (SSSR count). The van der Waals surface area contributed by atoms with Gasteiger partial charge in [-0.2, -0.15) is 0 Å². The number of aromatic nitrogens is 3. The fourth-order valence-corrected chi connectivity index (χ4v) is 3.51. The molecular weight excluding hydrogens is 402 g/mol. The van der Waals surface area contributed by atoms with Crippen LogP contribution >= 0.6 is 11.3 Å². The van der Waals surface area contributed by atoms with Gasteiger partial charge in [-0.05, 0) is 45.0 Å². The number of benzene rings is 1. The molecule has 30 heavy (non-hydrogen) atoms. The Morgan fingerprint density at radius 1 is 1.13 bits per heavy atom. The zero-order valence-electron chi connectivity index (χ0n) is 16.9. The molecule has 0 bridgehead atoms. The van der Waals surface area contributed by atoms with Crippen LogP contribution in [0.4, 0.5) is 16.8 Å². The average molecular weight is 423 g/mol. The van der Waals surface area contributed by atoms with Crippen molar-refractivity contribution in [2.45, 2.75) is 20.8 Å². The van der Waals surface area contributed by atoms with Crippen molar-refractivity contribution in [3.8, 4) is 0 Å². The van der Waals surface area contributed by atoms with E-state index in [4.69, 9.17) is 4.74 Å². The number of esters is 1. The number of aryl methyl sites for hydroxylation is 3. The van der Waals surface area contributed by atoms with Crippen LogP contribution in [0, 0.1) is 20.8 Å². The maximum atomic E-state index is 12.7. The van der Waals surface area contributed by atoms with E-state index in [-0.39, 0.29) is 12.5 Å². The highest BCUT2D eigenvalue weighted by atomic mass is 32.1. The summed E-state index contributed by atoms with van der Waals surface area (Å²) in [4.78, 5) is 37.9. The number of nitrogens with zero attached hydrogens (tertiary/aromatic N) is 3. The van der Waals surface area contributed by atoms with Gasteiger partial charge in [0.25, 0.3) is 5.91 Å². The van der Waals surface area contributed by atoms with Gasteiger partial charge in [0.2, 0.25) is 5.95 Å². The number of amides is 1. The lowest BCUT2D eigenvalue weighted by molar-refractivity contribution is 0.0554. The number of nitrogens with one attached hydrogen (secondary N) is 2. The van der Waals surface area contributed by atoms with E-state index in [1.165, 1.54) is 6.08 Å². The largest absolute Gasteiger partial charge is 0.457 e. The van der Waals surface area contributed by atoms with Crippen LogP contribution in [0.25, 0.3) is 0 Å². The van der Waals surface area contributed by atoms with Crippen molar-refractivity contribution < 1.29 is 14.3 Å². The summed E-state index contributed by atoms with van der Waals surface area (Å²) in [5.74, 6) is -0.381. The summed E-state index contributed by atoms with van der Waals surface area (Å²) >= 11 is 1.06. The van der Waals surface area contributed by atoms with Gasteiger partial charge in [0, 0.05) is 22.6 Å². The van der Waals surface area contributed by atoms with Gasteiger partial charge in [0.1, 0.15) is 11.5 Å². The first kappa shape index (κ1) is 21.1. The molecule has 0 aliphatic carbocycles. The van der Waals surface area contributed by atoms with Crippen molar-refractivity contribution >= 4 is 40.0 Å². The Kier molecular flexibility index (Phi) is 6.53. The Morgan fingerprint density at radius 3 is 2.57 bits per heavy atom. The molecule has 9 heteroatoms. The minimum atomic E-state index is -0.495. The standard InChI is InChI=1S/C21H21N5O3S/c1-5-9-29-19(28)17-14(4)24-21(30-17)26-18(27)15-7-6-8-16(11-15)25-20-22-12(2)10-13(3)23-20/h5-8,10-11H,1,9H2,2-4H3,(H,22,23,25)(H,24,26,27). The van der Waals surface area contributed by atoms with E-state index in [9.17, 15) is 9.59 Å². The number of rotatable bonds is 7. The van der Waals surface area contributed by atoms with Crippen LogP contribution in [0.5, 0.6) is 0 Å². The fraction of sp³-hybridized carbons (Fsp3) is 0.190. The monoisotopic (exact) mass is 423 g/mol. The number of anilines is 3. The Hall–Kier alpha value is -3.59. The molecule has 0 radical (unpaired) electrons. The van der Waals surface area contributed by atoms with Crippen LogP contribution in [-0.2, 0) is 4.74 Å². The summed E-state index contributed by atoms with van der Waals surface area (Å²) in [7, 11) is 0. The predicted octanol–water partition coefficient (Wildman–Crippen LogP) is 4.20. The molecule has 2 heterocycles. The second kappa shape index (κ2) is 9.27. The molecule has 0 unspecified atom stereocenters. The number of carbonyl (C=O) groups excluding carboxylic acids is 2. The van der Waals surface area contributed by atoms with E-state index in [0.717, 1.165) is 22.7 Å². The number of hydrogen-bond donors (Lipinski definition) is 2. The summed E-state index contributed by atoms with van der Waals surface area (Å²) < 4.78 is 5.03. The smallest absolute Gasteiger partial charge is 0.350 e. The molecule has 0 saturated carbocycles. The van der Waals surface area contributed by atoms with Gasteiger partial charge in [-0.1, -0.05) is 30.1 Å². The molecule has 0 saturated heterocycles. The summed E-state index contributed by atoms with van der Waals surface area (Å²) in [6, 6.07) is 8.83. The zero-order chi connectivity index (χ0) is 21.7. The summed E-state index contributed by atoms with van der Waals surface area (Å²) in [5.41, 5.74) is 3.29. The molecule has 0 aliphatic heterocycles. The number of carbonyl (C=O) groups is 2. The minimum absolute atomic E-state index is 0.113. The first-order chi connectivity index (χ1) is 14.4. The van der Waals surface area contributed by atoms with Gasteiger partial charge >= 0.3 is 5.97 Å². The molecular formula is C21H21N5O3S. The van der Waals surface area contributed by atoms with Gasteiger partial charge in [-0.3, -0.25) is 10.1 Å². The molecule has 0 aliphatic rings. The van der Waals surface area contributed by atoms with Gasteiger partial charge in [0.05, 0.1) is 5.69 Å². The molecule has 154 valence electrons. The quantitative estimate of drug-likeness (QED) is 0.433. The van der Waals surface area contributed by atoms with E-state index in [1.54, 1.807) is 25.1 Å². The predicted molar refractivity (Wildman–Crippen MR) is 117 cm³/mol. The fourth-order valence-electron chi connectivity index (χ4n) is 2.66. The van der Waals surface area contributed by atoms with Gasteiger partial charge < -0.3 is 10.1 Å². The maximum Gasteiger partial charge on any atom is 0.350 e. The van der Waals surface area contributed by atoms with Crippen LogP contribution in [-0.4, -0.2) is 33.4 Å². The van der Waals surface area contributed by atoms with Crippen LogP contribution in [0.2, 0.25) is 0 Å². The van der Waals surface area contributed by atoms with Crippen LogP contribution in [0.1, 0.15) is 37.1 Å². The Bertz CT molecular complexity index is 1090. The summed E-state index contributed by atoms with van der Waals surface area (Å²) in [6.07, 6.45) is 1.49. The third-order valence-electron chi connectivity index (χ3n) is 3.90. The maximum absolute atomic E-state index is 12.7. The molecule has 1 amide bonds. The Balaban J connectivity index is 1.72. The second-order valence-electron chi connectivity index (χ2n) is 6.45. The average Bonchev–Trinajstić information content (AvgIpc) is 3.05. The highest BCUT2D eigenvalue weighted by Crippen LogP contribution is 2.24. The van der Waals surface area contributed by atoms with Crippen molar-refractivity contribution in [1.29, 1.82) is 0 Å². The third kappa shape index (κ3) is 5.26. The molecule has 0 atom stereocenters. The van der Waals surface area contributed by atoms with Crippen molar-refractivity contribution in [2.24, 2.45) is 0 Å². The normalized spacial score (nSPS) is 10.4. The first-order valence-electron chi connectivity index (χ1n) is 9.12. The van der Waals surface area contributed by atoms with Gasteiger partial charge in [-0.15, -0.1) is 0 Å². The van der Waals surface area contributed by atoms with Crippen molar-refractivity contribution in [3.63, 3.8) is 0 Å². The van der Waals surface area contributed by atoms with E-state index in [0.29, 0.717) is 32.9 Å². The molecule has 0 spiro atoms. The SMILES string of the molecule is C=CCOC(=O)c1sc(NC(=O)c2cccc(Nc3nc(C)cc(C)n3)c2)nc1C. The third-order valence-corrected chi connectivity index (χ3v) is 4.95. The number of hydrogen-bond acceptors (Lipinski definition) is 8. The van der Waals surface area contributed by atoms with E-state index in [2.05, 4.69) is 32.2 Å². The van der Waals surface area contributed by atoms with E-state index >= 15 is 0 Å². The molecule has 3 aromatic rings. The van der Waals surface area contributed by atoms with Crippen LogP contribution < -0.4 is 10.6 Å². The lowest BCUT2D eigenvalue weighted by atomic mass is 10.2.